The number of amides is 1. The first kappa shape index (κ1) is 20.7. The van der Waals surface area contributed by atoms with Crippen LogP contribution >= 0.6 is 15.9 Å². The molecular formula is C22H26BrN5O2. The Bertz CT molecular complexity index is 1080. The number of aromatic nitrogens is 3. The van der Waals surface area contributed by atoms with E-state index >= 15 is 0 Å². The maximum Gasteiger partial charge on any atom is 0.410 e. The van der Waals surface area contributed by atoms with Crippen LogP contribution in [0.15, 0.2) is 41.1 Å². The highest BCUT2D eigenvalue weighted by Gasteiger charge is 2.27. The van der Waals surface area contributed by atoms with Crippen molar-refractivity contribution in [2.24, 2.45) is 0 Å². The Morgan fingerprint density at radius 1 is 1.23 bits per heavy atom. The van der Waals surface area contributed by atoms with E-state index in [9.17, 15) is 4.79 Å². The lowest BCUT2D eigenvalue weighted by Crippen LogP contribution is -2.41. The SMILES string of the molecule is CC(C)(C)OC(=O)N1CCC(c2cccc(-c3cc(Br)c4c(N)ncnn34)c2)CC1. The molecule has 30 heavy (non-hydrogen) atoms. The van der Waals surface area contributed by atoms with Gasteiger partial charge in [0.15, 0.2) is 5.82 Å². The van der Waals surface area contributed by atoms with Gasteiger partial charge in [-0.1, -0.05) is 18.2 Å². The summed E-state index contributed by atoms with van der Waals surface area (Å²) in [7, 11) is 0. The maximum absolute atomic E-state index is 12.3. The molecule has 1 amide bonds. The lowest BCUT2D eigenvalue weighted by atomic mass is 9.88. The molecule has 0 bridgehead atoms. The third kappa shape index (κ3) is 4.14. The molecule has 8 heteroatoms. The summed E-state index contributed by atoms with van der Waals surface area (Å²) in [5, 5.41) is 4.38. The fourth-order valence-corrected chi connectivity index (χ4v) is 4.49. The highest BCUT2D eigenvalue weighted by Crippen LogP contribution is 2.34. The van der Waals surface area contributed by atoms with Crippen molar-refractivity contribution in [2.45, 2.75) is 45.1 Å². The van der Waals surface area contributed by atoms with E-state index < -0.39 is 5.60 Å². The van der Waals surface area contributed by atoms with E-state index in [1.54, 1.807) is 0 Å². The van der Waals surface area contributed by atoms with Crippen LogP contribution in [-0.2, 0) is 4.74 Å². The summed E-state index contributed by atoms with van der Waals surface area (Å²) in [6, 6.07) is 10.5. The molecule has 0 spiro atoms. The zero-order valence-corrected chi connectivity index (χ0v) is 19.0. The minimum atomic E-state index is -0.469. The average molecular weight is 472 g/mol. The van der Waals surface area contributed by atoms with Crippen LogP contribution in [0.25, 0.3) is 16.8 Å². The fraction of sp³-hybridized carbons (Fsp3) is 0.409. The Kier molecular flexibility index (Phi) is 5.44. The van der Waals surface area contributed by atoms with Gasteiger partial charge in [-0.15, -0.1) is 0 Å². The molecule has 3 aromatic rings. The predicted octanol–water partition coefficient (Wildman–Crippen LogP) is 4.86. The van der Waals surface area contributed by atoms with Crippen LogP contribution in [0.5, 0.6) is 0 Å². The third-order valence-corrected chi connectivity index (χ3v) is 5.94. The summed E-state index contributed by atoms with van der Waals surface area (Å²) < 4.78 is 8.19. The van der Waals surface area contributed by atoms with Gasteiger partial charge in [0.1, 0.15) is 17.4 Å². The number of nitrogens with two attached hydrogens (primary N) is 1. The first-order chi connectivity index (χ1) is 14.2. The number of likely N-dealkylation sites (tertiary alicyclic amines) is 1. The van der Waals surface area contributed by atoms with Gasteiger partial charge in [-0.25, -0.2) is 14.3 Å². The monoisotopic (exact) mass is 471 g/mol. The molecule has 1 aliphatic heterocycles. The van der Waals surface area contributed by atoms with Crippen molar-refractivity contribution in [1.82, 2.24) is 19.5 Å². The molecule has 0 atom stereocenters. The number of halogens is 1. The van der Waals surface area contributed by atoms with Gasteiger partial charge in [-0.2, -0.15) is 5.10 Å². The number of carbonyl (C=O) groups is 1. The standard InChI is InChI=1S/C22H26BrN5O2/c1-22(2,3)30-21(29)27-9-7-14(8-10-27)15-5-4-6-16(11-15)18-12-17(23)19-20(24)25-13-26-28(18)19/h4-6,11-14H,7-10H2,1-3H3,(H2,24,25,26). The quantitative estimate of drug-likeness (QED) is 0.576. The second-order valence-corrected chi connectivity index (χ2v) is 9.50. The third-order valence-electron chi connectivity index (χ3n) is 5.34. The summed E-state index contributed by atoms with van der Waals surface area (Å²) in [4.78, 5) is 18.2. The van der Waals surface area contributed by atoms with Crippen molar-refractivity contribution >= 4 is 33.4 Å². The van der Waals surface area contributed by atoms with Crippen molar-refractivity contribution in [3.8, 4) is 11.3 Å². The summed E-state index contributed by atoms with van der Waals surface area (Å²) in [6.07, 6.45) is 3.07. The van der Waals surface area contributed by atoms with Gasteiger partial charge in [0.25, 0.3) is 0 Å². The van der Waals surface area contributed by atoms with Gasteiger partial charge in [-0.05, 0) is 73.2 Å². The molecular weight excluding hydrogens is 446 g/mol. The second kappa shape index (κ2) is 7.91. The van der Waals surface area contributed by atoms with Crippen LogP contribution in [0.2, 0.25) is 0 Å². The summed E-state index contributed by atoms with van der Waals surface area (Å²) in [6.45, 7) is 7.09. The van der Waals surface area contributed by atoms with Crippen molar-refractivity contribution in [3.63, 3.8) is 0 Å². The predicted molar refractivity (Wildman–Crippen MR) is 120 cm³/mol. The zero-order valence-electron chi connectivity index (χ0n) is 17.4. The summed E-state index contributed by atoms with van der Waals surface area (Å²) >= 11 is 3.57. The van der Waals surface area contributed by atoms with E-state index in [2.05, 4.69) is 50.3 Å². The van der Waals surface area contributed by atoms with Crippen LogP contribution in [0.1, 0.15) is 45.1 Å². The van der Waals surface area contributed by atoms with E-state index in [-0.39, 0.29) is 6.09 Å². The molecule has 1 aromatic carbocycles. The fourth-order valence-electron chi connectivity index (χ4n) is 3.90. The molecule has 2 aromatic heterocycles. The normalized spacial score (nSPS) is 15.5. The molecule has 1 aliphatic rings. The van der Waals surface area contributed by atoms with Gasteiger partial charge in [0.2, 0.25) is 0 Å². The van der Waals surface area contributed by atoms with E-state index in [0.29, 0.717) is 24.8 Å². The topological polar surface area (TPSA) is 85.8 Å². The first-order valence-electron chi connectivity index (χ1n) is 10.1. The number of ether oxygens (including phenoxy) is 1. The van der Waals surface area contributed by atoms with Crippen LogP contribution in [-0.4, -0.2) is 44.3 Å². The number of hydrogen-bond acceptors (Lipinski definition) is 5. The molecule has 0 radical (unpaired) electrons. The summed E-state index contributed by atoms with van der Waals surface area (Å²) in [5.74, 6) is 0.840. The Labute approximate surface area is 184 Å². The Balaban J connectivity index is 1.53. The van der Waals surface area contributed by atoms with Crippen molar-refractivity contribution in [2.75, 3.05) is 18.8 Å². The molecule has 2 N–H and O–H groups in total. The number of fused-ring (bicyclic) bond motifs is 1. The van der Waals surface area contributed by atoms with E-state index in [1.165, 1.54) is 11.9 Å². The number of anilines is 1. The van der Waals surface area contributed by atoms with Gasteiger partial charge in [0, 0.05) is 23.1 Å². The maximum atomic E-state index is 12.3. The molecule has 4 rings (SSSR count). The minimum absolute atomic E-state index is 0.225. The number of piperidine rings is 1. The molecule has 158 valence electrons. The lowest BCUT2D eigenvalue weighted by molar-refractivity contribution is 0.0205. The average Bonchev–Trinajstić information content (AvgIpc) is 3.05. The lowest BCUT2D eigenvalue weighted by Gasteiger charge is -2.33. The molecule has 1 saturated heterocycles. The molecule has 0 saturated carbocycles. The molecule has 0 unspecified atom stereocenters. The first-order valence-corrected chi connectivity index (χ1v) is 10.9. The number of nitrogen functional groups attached to an aromatic ring is 1. The number of nitrogens with zero attached hydrogens (tertiary/aromatic N) is 4. The van der Waals surface area contributed by atoms with E-state index in [1.807, 2.05) is 36.3 Å². The van der Waals surface area contributed by atoms with Gasteiger partial charge in [0.05, 0.1) is 5.69 Å². The van der Waals surface area contributed by atoms with Crippen molar-refractivity contribution in [3.05, 3.63) is 46.7 Å². The highest BCUT2D eigenvalue weighted by atomic mass is 79.9. The molecule has 0 aliphatic carbocycles. The number of benzene rings is 1. The van der Waals surface area contributed by atoms with Crippen LogP contribution < -0.4 is 5.73 Å². The van der Waals surface area contributed by atoms with E-state index in [0.717, 1.165) is 34.1 Å². The second-order valence-electron chi connectivity index (χ2n) is 8.65. The summed E-state index contributed by atoms with van der Waals surface area (Å²) in [5.41, 5.74) is 9.62. The van der Waals surface area contributed by atoms with Gasteiger partial charge >= 0.3 is 6.09 Å². The highest BCUT2D eigenvalue weighted by molar-refractivity contribution is 9.10. The van der Waals surface area contributed by atoms with Crippen molar-refractivity contribution in [1.29, 1.82) is 0 Å². The Morgan fingerprint density at radius 2 is 1.97 bits per heavy atom. The largest absolute Gasteiger partial charge is 0.444 e. The van der Waals surface area contributed by atoms with Gasteiger partial charge < -0.3 is 15.4 Å². The van der Waals surface area contributed by atoms with Crippen LogP contribution in [0, 0.1) is 0 Å². The number of rotatable bonds is 2. The van der Waals surface area contributed by atoms with Crippen molar-refractivity contribution < 1.29 is 9.53 Å². The molecule has 3 heterocycles. The zero-order chi connectivity index (χ0) is 21.5. The minimum Gasteiger partial charge on any atom is -0.444 e. The van der Waals surface area contributed by atoms with Crippen LogP contribution in [0.3, 0.4) is 0 Å². The van der Waals surface area contributed by atoms with E-state index in [4.69, 9.17) is 10.5 Å². The number of carbonyl (C=O) groups excluding carboxylic acids is 1. The smallest absolute Gasteiger partial charge is 0.410 e. The Morgan fingerprint density at radius 3 is 2.67 bits per heavy atom. The van der Waals surface area contributed by atoms with Gasteiger partial charge in [-0.3, -0.25) is 0 Å². The Hall–Kier alpha value is -2.61. The molecule has 1 fully saturated rings. The van der Waals surface area contributed by atoms with Crippen LogP contribution in [0.4, 0.5) is 10.6 Å². The molecule has 7 nitrogen and oxygen atoms in total. The number of hydrogen-bond donors (Lipinski definition) is 1.